The molecule has 12 heteroatoms. The second kappa shape index (κ2) is 15.5. The van der Waals surface area contributed by atoms with E-state index in [0.29, 0.717) is 24.3 Å². The van der Waals surface area contributed by atoms with Gasteiger partial charge in [0.25, 0.3) is 5.91 Å². The number of allylic oxidation sites excluding steroid dienone is 1. The van der Waals surface area contributed by atoms with Crippen LogP contribution < -0.4 is 15.0 Å². The Morgan fingerprint density at radius 1 is 1.17 bits per heavy atom. The fourth-order valence-electron chi connectivity index (χ4n) is 7.19. The summed E-state index contributed by atoms with van der Waals surface area (Å²) in [6.07, 6.45) is 3.76. The summed E-state index contributed by atoms with van der Waals surface area (Å²) in [7, 11) is 1.56. The van der Waals surface area contributed by atoms with Gasteiger partial charge in [-0.15, -0.1) is 13.2 Å². The maximum absolute atomic E-state index is 14.6. The van der Waals surface area contributed by atoms with Crippen LogP contribution in [-0.2, 0) is 28.7 Å². The van der Waals surface area contributed by atoms with Crippen molar-refractivity contribution in [3.63, 3.8) is 0 Å². The van der Waals surface area contributed by atoms with Crippen molar-refractivity contribution >= 4 is 45.3 Å². The summed E-state index contributed by atoms with van der Waals surface area (Å²) in [6, 6.07) is 14.4. The van der Waals surface area contributed by atoms with E-state index in [2.05, 4.69) is 34.4 Å². The molecule has 3 saturated heterocycles. The van der Waals surface area contributed by atoms with Crippen LogP contribution in [0.3, 0.4) is 0 Å². The van der Waals surface area contributed by atoms with Gasteiger partial charge in [0.1, 0.15) is 24.0 Å². The molecule has 3 heterocycles. The number of hydrogen-bond donors (Lipinski definition) is 2. The van der Waals surface area contributed by atoms with Gasteiger partial charge in [0, 0.05) is 36.6 Å². The number of fused-ring (bicyclic) bond motifs is 1. The van der Waals surface area contributed by atoms with E-state index in [9.17, 15) is 24.3 Å². The molecule has 2 aromatic rings. The van der Waals surface area contributed by atoms with Gasteiger partial charge in [0.05, 0.1) is 31.1 Å². The largest absolute Gasteiger partial charge is 0.497 e. The summed E-state index contributed by atoms with van der Waals surface area (Å²) in [5.74, 6) is -2.85. The van der Waals surface area contributed by atoms with Gasteiger partial charge in [-0.05, 0) is 49.1 Å². The molecule has 3 fully saturated rings. The third kappa shape index (κ3) is 6.79. The molecule has 3 amide bonds. The minimum atomic E-state index is -1.30. The van der Waals surface area contributed by atoms with Crippen LogP contribution in [0.4, 0.5) is 5.69 Å². The number of nitrogens with zero attached hydrogens (tertiary/aromatic N) is 2. The van der Waals surface area contributed by atoms with E-state index in [1.165, 1.54) is 4.90 Å². The number of alkyl halides is 1. The minimum Gasteiger partial charge on any atom is -0.497 e. The van der Waals surface area contributed by atoms with Gasteiger partial charge < -0.3 is 34.4 Å². The first-order valence-electron chi connectivity index (χ1n) is 16.1. The molecule has 3 aliphatic heterocycles. The van der Waals surface area contributed by atoms with Crippen LogP contribution in [0, 0.1) is 11.8 Å². The summed E-state index contributed by atoms with van der Waals surface area (Å²) in [6.45, 7) is 7.47. The van der Waals surface area contributed by atoms with Crippen molar-refractivity contribution < 1.29 is 38.5 Å². The number of likely N-dealkylation sites (tertiary alicyclic amines) is 1. The van der Waals surface area contributed by atoms with E-state index in [1.54, 1.807) is 48.4 Å². The molecule has 0 radical (unpaired) electrons. The van der Waals surface area contributed by atoms with Crippen molar-refractivity contribution in [3.8, 4) is 5.75 Å². The van der Waals surface area contributed by atoms with Crippen molar-refractivity contribution in [2.24, 2.45) is 11.8 Å². The van der Waals surface area contributed by atoms with Crippen LogP contribution in [0.5, 0.6) is 5.75 Å². The topological polar surface area (TPSA) is 135 Å². The lowest BCUT2D eigenvalue weighted by Gasteiger charge is -2.37. The molecule has 2 bridgehead atoms. The van der Waals surface area contributed by atoms with Gasteiger partial charge in [0.15, 0.2) is 0 Å². The molecule has 1 spiro atoms. The molecule has 0 aromatic heterocycles. The van der Waals surface area contributed by atoms with Crippen molar-refractivity contribution in [1.82, 2.24) is 10.2 Å². The Labute approximate surface area is 289 Å². The Balaban J connectivity index is 1.47. The molecule has 48 heavy (non-hydrogen) atoms. The Kier molecular flexibility index (Phi) is 11.4. The molecule has 3 aliphatic rings. The highest BCUT2D eigenvalue weighted by Crippen LogP contribution is 2.60. The molecule has 1 unspecified atom stereocenters. The van der Waals surface area contributed by atoms with E-state index >= 15 is 0 Å². The first-order chi connectivity index (χ1) is 23.2. The highest BCUT2D eigenvalue weighted by molar-refractivity contribution is 9.09. The number of amides is 3. The molecule has 11 nitrogen and oxygen atoms in total. The van der Waals surface area contributed by atoms with Crippen LogP contribution in [0.1, 0.15) is 37.3 Å². The lowest BCUT2D eigenvalue weighted by Crippen LogP contribution is -2.57. The third-order valence-electron chi connectivity index (χ3n) is 9.33. The van der Waals surface area contributed by atoms with Gasteiger partial charge in [0.2, 0.25) is 11.8 Å². The van der Waals surface area contributed by atoms with Crippen molar-refractivity contribution in [3.05, 3.63) is 85.5 Å². The zero-order chi connectivity index (χ0) is 34.4. The van der Waals surface area contributed by atoms with Crippen LogP contribution in [0.2, 0.25) is 0 Å². The van der Waals surface area contributed by atoms with E-state index in [1.807, 2.05) is 30.3 Å². The number of anilines is 1. The zero-order valence-electron chi connectivity index (χ0n) is 27.0. The Hall–Kier alpha value is -4.00. The van der Waals surface area contributed by atoms with Crippen LogP contribution in [0.15, 0.2) is 79.9 Å². The van der Waals surface area contributed by atoms with Gasteiger partial charge in [-0.25, -0.2) is 0 Å². The standard InChI is InChI=1S/C36H42BrN3O8/c1-4-6-13-28(42)47-22-27(23-11-8-7-9-12-23)38-33(43)29-30-34(44)40(19-10-20-41)32(36(30)21-26(37)31(29)48-36)35(45)39(18-5-2)24-14-16-25(46-3)17-15-24/h4-5,7-9,11-12,14-17,26-27,29-32,41H,1-2,6,10,13,18-22H2,3H3,(H,38,43)/t26?,27-,29-,30+,31-,32-,36+/m0/s1. The molecule has 2 aromatic carbocycles. The van der Waals surface area contributed by atoms with Gasteiger partial charge >= 0.3 is 5.97 Å². The summed E-state index contributed by atoms with van der Waals surface area (Å²) in [5.41, 5.74) is 0.0163. The predicted octanol–water partition coefficient (Wildman–Crippen LogP) is 3.71. The third-order valence-corrected chi connectivity index (χ3v) is 10.2. The van der Waals surface area contributed by atoms with Crippen molar-refractivity contribution in [1.29, 1.82) is 0 Å². The number of aliphatic hydroxyl groups excluding tert-OH is 1. The SMILES string of the molecule is C=CCCC(=O)OC[C@H](NC(=O)[C@@H]1[C@H]2O[C@@]3(CC2Br)[C@H](C(=O)N(CC=C)c2ccc(OC)cc2)N(CCCO)C(=O)[C@@H]13)c1ccccc1. The lowest BCUT2D eigenvalue weighted by molar-refractivity contribution is -0.145. The molecule has 7 atom stereocenters. The number of rotatable bonds is 16. The number of methoxy groups -OCH3 is 1. The van der Waals surface area contributed by atoms with E-state index in [-0.39, 0.29) is 55.8 Å². The van der Waals surface area contributed by atoms with E-state index in [0.717, 1.165) is 5.56 Å². The Morgan fingerprint density at radius 2 is 1.90 bits per heavy atom. The molecule has 256 valence electrons. The first-order valence-corrected chi connectivity index (χ1v) is 17.0. The number of carbonyl (C=O) groups excluding carboxylic acids is 4. The fourth-order valence-corrected chi connectivity index (χ4v) is 8.14. The van der Waals surface area contributed by atoms with Crippen LogP contribution in [0.25, 0.3) is 0 Å². The maximum Gasteiger partial charge on any atom is 0.306 e. The van der Waals surface area contributed by atoms with Crippen LogP contribution in [-0.4, -0.2) is 89.7 Å². The number of carbonyl (C=O) groups is 4. The second-order valence-corrected chi connectivity index (χ2v) is 13.4. The smallest absolute Gasteiger partial charge is 0.306 e. The molecular weight excluding hydrogens is 682 g/mol. The summed E-state index contributed by atoms with van der Waals surface area (Å²) in [5, 5.41) is 12.8. The summed E-state index contributed by atoms with van der Waals surface area (Å²) in [4.78, 5) is 58.4. The monoisotopic (exact) mass is 723 g/mol. The highest BCUT2D eigenvalue weighted by Gasteiger charge is 2.76. The number of hydrogen-bond acceptors (Lipinski definition) is 8. The molecule has 2 N–H and O–H groups in total. The van der Waals surface area contributed by atoms with Gasteiger partial charge in [-0.2, -0.15) is 0 Å². The van der Waals surface area contributed by atoms with Crippen molar-refractivity contribution in [2.45, 2.75) is 54.3 Å². The Bertz CT molecular complexity index is 1500. The minimum absolute atomic E-state index is 0.104. The molecule has 5 rings (SSSR count). The Morgan fingerprint density at radius 3 is 2.54 bits per heavy atom. The number of benzene rings is 2. The average molecular weight is 725 g/mol. The van der Waals surface area contributed by atoms with Crippen LogP contribution >= 0.6 is 15.9 Å². The van der Waals surface area contributed by atoms with Gasteiger partial charge in [-0.3, -0.25) is 19.2 Å². The highest BCUT2D eigenvalue weighted by atomic mass is 79.9. The number of nitrogens with one attached hydrogen (secondary N) is 1. The molecule has 0 saturated carbocycles. The molecular formula is C36H42BrN3O8. The fraction of sp³-hybridized carbons (Fsp3) is 0.444. The first kappa shape index (κ1) is 35.3. The van der Waals surface area contributed by atoms with Gasteiger partial charge in [-0.1, -0.05) is 58.4 Å². The quantitative estimate of drug-likeness (QED) is 0.152. The number of halogens is 1. The normalized spacial score (nSPS) is 26.0. The lowest BCUT2D eigenvalue weighted by atomic mass is 9.70. The zero-order valence-corrected chi connectivity index (χ0v) is 28.5. The second-order valence-electron chi connectivity index (χ2n) is 12.2. The van der Waals surface area contributed by atoms with E-state index in [4.69, 9.17) is 14.2 Å². The average Bonchev–Trinajstić information content (AvgIpc) is 3.70. The maximum atomic E-state index is 14.6. The molecule has 0 aliphatic carbocycles. The van der Waals surface area contributed by atoms with Crippen molar-refractivity contribution in [2.75, 3.05) is 38.3 Å². The number of ether oxygens (including phenoxy) is 3. The van der Waals surface area contributed by atoms with E-state index < -0.39 is 47.5 Å². The number of esters is 1. The predicted molar refractivity (Wildman–Crippen MR) is 182 cm³/mol. The summed E-state index contributed by atoms with van der Waals surface area (Å²) >= 11 is 3.71. The number of aliphatic hydroxyl groups is 1. The summed E-state index contributed by atoms with van der Waals surface area (Å²) < 4.78 is 17.5.